The van der Waals surface area contributed by atoms with E-state index in [2.05, 4.69) is 36.2 Å². The van der Waals surface area contributed by atoms with Crippen molar-refractivity contribution in [1.82, 2.24) is 34.2 Å². The molecule has 0 atom stereocenters. The summed E-state index contributed by atoms with van der Waals surface area (Å²) in [5, 5.41) is 11.8. The van der Waals surface area contributed by atoms with Crippen LogP contribution in [0.5, 0.6) is 0 Å². The van der Waals surface area contributed by atoms with Gasteiger partial charge >= 0.3 is 0 Å². The molecule has 1 aliphatic carbocycles. The largest absolute Gasteiger partial charge is 0.381 e. The van der Waals surface area contributed by atoms with Crippen LogP contribution in [0.4, 0.5) is 17.5 Å². The second-order valence-corrected chi connectivity index (χ2v) is 11.0. The number of anilines is 3. The molecule has 0 unspecified atom stereocenters. The number of pyridine rings is 1. The molecule has 0 radical (unpaired) electrons. The van der Waals surface area contributed by atoms with Crippen LogP contribution in [0.2, 0.25) is 0 Å². The molecule has 2 N–H and O–H groups in total. The first-order valence-electron chi connectivity index (χ1n) is 14.6. The second-order valence-electron chi connectivity index (χ2n) is 11.0. The highest BCUT2D eigenvalue weighted by Crippen LogP contribution is 2.31. The molecule has 3 fully saturated rings. The van der Waals surface area contributed by atoms with Crippen molar-refractivity contribution in [2.24, 2.45) is 0 Å². The Balaban J connectivity index is 1.14. The lowest BCUT2D eigenvalue weighted by atomic mass is 9.90. The fourth-order valence-electron chi connectivity index (χ4n) is 6.32. The highest BCUT2D eigenvalue weighted by molar-refractivity contribution is 5.89. The minimum Gasteiger partial charge on any atom is -0.381 e. The van der Waals surface area contributed by atoms with E-state index in [0.29, 0.717) is 24.1 Å². The molecule has 3 aliphatic rings. The van der Waals surface area contributed by atoms with E-state index < -0.39 is 0 Å². The molecule has 4 aromatic heterocycles. The molecular formula is C29H37N9O2. The van der Waals surface area contributed by atoms with E-state index in [9.17, 15) is 0 Å². The monoisotopic (exact) mass is 543 g/mol. The quantitative estimate of drug-likeness (QED) is 0.355. The summed E-state index contributed by atoms with van der Waals surface area (Å²) < 4.78 is 15.2. The standard InChI is InChI=1S/C29H37N9O2/c1-2-25(19-30-10-1)37-11-7-26-27(37)28(32-21-3-5-23(6-4-21)36-12-16-40-17-13-36)35-29(34-26)33-22-18-31-38(20-22)24-8-14-39-15-9-24/h1-2,7,10-11,18-21,23-24H,3-6,8-9,12-17H2,(H2,32,33,34,35)/t21-,23-. The minimum absolute atomic E-state index is 0.358. The molecule has 11 nitrogen and oxygen atoms in total. The summed E-state index contributed by atoms with van der Waals surface area (Å²) in [6.07, 6.45) is 16.2. The molecule has 40 heavy (non-hydrogen) atoms. The molecule has 11 heteroatoms. The molecule has 0 aromatic carbocycles. The maximum absolute atomic E-state index is 5.57. The van der Waals surface area contributed by atoms with Gasteiger partial charge in [-0.05, 0) is 56.7 Å². The Bertz CT molecular complexity index is 1400. The molecule has 2 aliphatic heterocycles. The highest BCUT2D eigenvalue weighted by Gasteiger charge is 2.28. The number of nitrogens with one attached hydrogen (secondary N) is 2. The van der Waals surface area contributed by atoms with Crippen molar-refractivity contribution in [1.29, 1.82) is 0 Å². The number of fused-ring (bicyclic) bond motifs is 1. The molecule has 210 valence electrons. The lowest BCUT2D eigenvalue weighted by Gasteiger charge is -2.39. The first-order valence-corrected chi connectivity index (χ1v) is 14.6. The summed E-state index contributed by atoms with van der Waals surface area (Å²) in [5.41, 5.74) is 3.71. The summed E-state index contributed by atoms with van der Waals surface area (Å²) in [5.74, 6) is 1.40. The molecule has 7 rings (SSSR count). The summed E-state index contributed by atoms with van der Waals surface area (Å²) in [4.78, 5) is 16.9. The van der Waals surface area contributed by atoms with E-state index in [0.717, 1.165) is 93.4 Å². The fourth-order valence-corrected chi connectivity index (χ4v) is 6.32. The van der Waals surface area contributed by atoms with Gasteiger partial charge in [-0.25, -0.2) is 4.98 Å². The molecule has 2 saturated heterocycles. The van der Waals surface area contributed by atoms with Crippen molar-refractivity contribution in [3.8, 4) is 5.69 Å². The van der Waals surface area contributed by atoms with Gasteiger partial charge in [0.2, 0.25) is 5.95 Å². The highest BCUT2D eigenvalue weighted by atomic mass is 16.5. The predicted molar refractivity (Wildman–Crippen MR) is 153 cm³/mol. The molecule has 4 aromatic rings. The van der Waals surface area contributed by atoms with Crippen molar-refractivity contribution < 1.29 is 9.47 Å². The number of hydrogen-bond donors (Lipinski definition) is 2. The maximum atomic E-state index is 5.57. The van der Waals surface area contributed by atoms with Gasteiger partial charge in [0.15, 0.2) is 5.82 Å². The van der Waals surface area contributed by atoms with Gasteiger partial charge in [-0.2, -0.15) is 10.1 Å². The molecule has 0 bridgehead atoms. The molecule has 6 heterocycles. The average Bonchev–Trinajstić information content (AvgIpc) is 3.67. The fraction of sp³-hybridized carbons (Fsp3) is 0.517. The van der Waals surface area contributed by atoms with Gasteiger partial charge in [-0.15, -0.1) is 0 Å². The molecule has 0 amide bonds. The number of nitrogens with zero attached hydrogens (tertiary/aromatic N) is 7. The summed E-state index contributed by atoms with van der Waals surface area (Å²) >= 11 is 0. The van der Waals surface area contributed by atoms with Crippen LogP contribution in [-0.2, 0) is 9.47 Å². The first kappa shape index (κ1) is 25.4. The van der Waals surface area contributed by atoms with Crippen LogP contribution in [0, 0.1) is 0 Å². The van der Waals surface area contributed by atoms with E-state index in [1.54, 1.807) is 6.20 Å². The van der Waals surface area contributed by atoms with Crippen LogP contribution < -0.4 is 10.6 Å². The van der Waals surface area contributed by atoms with Crippen molar-refractivity contribution in [3.63, 3.8) is 0 Å². The average molecular weight is 544 g/mol. The number of ether oxygens (including phenoxy) is 2. The normalized spacial score (nSPS) is 22.9. The lowest BCUT2D eigenvalue weighted by molar-refractivity contribution is 0.00791. The minimum atomic E-state index is 0.358. The zero-order valence-electron chi connectivity index (χ0n) is 22.8. The van der Waals surface area contributed by atoms with Crippen molar-refractivity contribution in [2.75, 3.05) is 50.2 Å². The summed E-state index contributed by atoms with van der Waals surface area (Å²) in [7, 11) is 0. The SMILES string of the molecule is c1cncc(-n2ccc3nc(Nc4cnn(C5CCOCC5)c4)nc(N[C@H]4CC[C@H](N5CCOCC5)CC4)c32)c1. The Kier molecular flexibility index (Phi) is 7.32. The Labute approximate surface area is 233 Å². The lowest BCUT2D eigenvalue weighted by Crippen LogP contribution is -2.46. The third kappa shape index (κ3) is 5.41. The predicted octanol–water partition coefficient (Wildman–Crippen LogP) is 4.16. The van der Waals surface area contributed by atoms with E-state index in [1.165, 1.54) is 12.8 Å². The maximum Gasteiger partial charge on any atom is 0.229 e. The zero-order valence-corrected chi connectivity index (χ0v) is 22.8. The number of aromatic nitrogens is 6. The van der Waals surface area contributed by atoms with Crippen LogP contribution in [0.1, 0.15) is 44.6 Å². The van der Waals surface area contributed by atoms with Crippen molar-refractivity contribution in [3.05, 3.63) is 49.2 Å². The summed E-state index contributed by atoms with van der Waals surface area (Å²) in [6.45, 7) is 5.37. The van der Waals surface area contributed by atoms with Crippen molar-refractivity contribution in [2.45, 2.75) is 56.7 Å². The van der Waals surface area contributed by atoms with Crippen LogP contribution in [0.15, 0.2) is 49.2 Å². The Morgan fingerprint density at radius 3 is 2.48 bits per heavy atom. The van der Waals surface area contributed by atoms with Crippen molar-refractivity contribution >= 4 is 28.5 Å². The smallest absolute Gasteiger partial charge is 0.229 e. The third-order valence-electron chi connectivity index (χ3n) is 8.48. The topological polar surface area (TPSA) is 107 Å². The van der Waals surface area contributed by atoms with E-state index in [4.69, 9.17) is 19.4 Å². The number of rotatable bonds is 7. The van der Waals surface area contributed by atoms with Crippen LogP contribution in [-0.4, -0.2) is 85.8 Å². The van der Waals surface area contributed by atoms with E-state index in [1.807, 2.05) is 41.6 Å². The molecule has 0 spiro atoms. The van der Waals surface area contributed by atoms with Gasteiger partial charge in [0.25, 0.3) is 0 Å². The van der Waals surface area contributed by atoms with Gasteiger partial charge in [-0.3, -0.25) is 14.6 Å². The Hall–Kier alpha value is -3.54. The molecule has 1 saturated carbocycles. The van der Waals surface area contributed by atoms with Gasteiger partial charge < -0.3 is 24.7 Å². The van der Waals surface area contributed by atoms with Gasteiger partial charge in [0, 0.05) is 57.0 Å². The van der Waals surface area contributed by atoms with Crippen LogP contribution in [0.25, 0.3) is 16.7 Å². The Morgan fingerprint density at radius 2 is 1.68 bits per heavy atom. The second kappa shape index (κ2) is 11.5. The van der Waals surface area contributed by atoms with Crippen LogP contribution in [0.3, 0.4) is 0 Å². The van der Waals surface area contributed by atoms with Crippen LogP contribution >= 0.6 is 0 Å². The Morgan fingerprint density at radius 1 is 0.850 bits per heavy atom. The van der Waals surface area contributed by atoms with E-state index in [-0.39, 0.29) is 0 Å². The van der Waals surface area contributed by atoms with E-state index >= 15 is 0 Å². The number of hydrogen-bond acceptors (Lipinski definition) is 9. The van der Waals surface area contributed by atoms with Gasteiger partial charge in [-0.1, -0.05) is 0 Å². The summed E-state index contributed by atoms with van der Waals surface area (Å²) in [6, 6.07) is 7.43. The first-order chi connectivity index (χ1) is 19.8. The van der Waals surface area contributed by atoms with Gasteiger partial charge in [0.05, 0.1) is 48.5 Å². The van der Waals surface area contributed by atoms with Gasteiger partial charge in [0.1, 0.15) is 5.52 Å². The zero-order chi connectivity index (χ0) is 26.7. The molecular weight excluding hydrogens is 506 g/mol. The number of morpholine rings is 1. The third-order valence-corrected chi connectivity index (χ3v) is 8.48.